The molecule has 2 bridgehead atoms. The van der Waals surface area contributed by atoms with Crippen molar-refractivity contribution in [3.05, 3.63) is 0 Å². The highest BCUT2D eigenvalue weighted by atomic mass is 79.9. The lowest BCUT2D eigenvalue weighted by atomic mass is 9.70. The maximum absolute atomic E-state index is 13.9. The second-order valence-corrected chi connectivity index (χ2v) is 14.8. The molecule has 1 spiro atoms. The van der Waals surface area contributed by atoms with Gasteiger partial charge in [0.25, 0.3) is 0 Å². The van der Waals surface area contributed by atoms with Crippen LogP contribution < -0.4 is 10.6 Å². The fourth-order valence-electron chi connectivity index (χ4n) is 6.66. The van der Waals surface area contributed by atoms with E-state index in [0.29, 0.717) is 13.0 Å². The van der Waals surface area contributed by atoms with E-state index in [1.807, 2.05) is 13.8 Å². The number of thioether (sulfide) groups is 1. The lowest BCUT2D eigenvalue weighted by Gasteiger charge is -2.39. The molecule has 3 aliphatic heterocycles. The van der Waals surface area contributed by atoms with Crippen LogP contribution in [0, 0.1) is 17.3 Å². The van der Waals surface area contributed by atoms with Crippen LogP contribution in [0.4, 0.5) is 0 Å². The Morgan fingerprint density at radius 3 is 2.38 bits per heavy atom. The summed E-state index contributed by atoms with van der Waals surface area (Å²) in [6.45, 7) is 11.2. The van der Waals surface area contributed by atoms with Crippen LogP contribution in [0.3, 0.4) is 0 Å². The van der Waals surface area contributed by atoms with Gasteiger partial charge in [0.1, 0.15) is 6.04 Å². The van der Waals surface area contributed by atoms with Gasteiger partial charge in [-0.15, -0.1) is 11.8 Å². The standard InChI is InChI=1S/C25H42BrN3O4S/c1-23(2,3)14-24(4,5)28-21(32)19-25-13-15(26)18(34-25)16(20(31)27-6)17(25)22(33)29(19)11-9-7-8-10-12-30/h15-19,30H,7-14H2,1-6H3,(H,27,31)(H,28,32)/t15?,16-,17+,18-,19?,25?/m1/s1. The van der Waals surface area contributed by atoms with Crippen molar-refractivity contribution in [2.24, 2.45) is 17.3 Å². The average Bonchev–Trinajstić information content (AvgIpc) is 3.28. The molecular formula is C25H42BrN3O4S. The van der Waals surface area contributed by atoms with E-state index < -0.39 is 28.2 Å². The molecule has 0 aromatic carbocycles. The number of carbonyl (C=O) groups excluding carboxylic acids is 3. The van der Waals surface area contributed by atoms with E-state index >= 15 is 0 Å². The normalized spacial score (nSPS) is 32.8. The van der Waals surface area contributed by atoms with Gasteiger partial charge >= 0.3 is 0 Å². The molecular weight excluding hydrogens is 518 g/mol. The first-order valence-corrected chi connectivity index (χ1v) is 14.3. The topological polar surface area (TPSA) is 98.7 Å². The van der Waals surface area contributed by atoms with Gasteiger partial charge in [-0.25, -0.2) is 0 Å². The van der Waals surface area contributed by atoms with E-state index in [2.05, 4.69) is 47.3 Å². The number of fused-ring (bicyclic) bond motifs is 1. The van der Waals surface area contributed by atoms with E-state index in [9.17, 15) is 14.4 Å². The number of nitrogens with one attached hydrogen (secondary N) is 2. The van der Waals surface area contributed by atoms with Crippen LogP contribution in [-0.4, -0.2) is 74.3 Å². The number of halogens is 1. The number of unbranched alkanes of at least 4 members (excludes halogenated alkanes) is 3. The molecule has 3 saturated heterocycles. The van der Waals surface area contributed by atoms with Gasteiger partial charge in [-0.2, -0.15) is 0 Å². The third-order valence-electron chi connectivity index (χ3n) is 7.33. The number of hydrogen-bond acceptors (Lipinski definition) is 5. The average molecular weight is 561 g/mol. The molecule has 0 aromatic rings. The summed E-state index contributed by atoms with van der Waals surface area (Å²) in [6.07, 6.45) is 4.81. The minimum Gasteiger partial charge on any atom is -0.396 e. The molecule has 3 fully saturated rings. The van der Waals surface area contributed by atoms with Crippen LogP contribution in [0.5, 0.6) is 0 Å². The van der Waals surface area contributed by atoms with Gasteiger partial charge in [0, 0.05) is 35.8 Å². The number of aliphatic hydroxyl groups excluding tert-OH is 1. The SMILES string of the molecule is CNC(=O)[C@H]1[C@@H]2SC3(CC2Br)C(C(=O)NC(C)(C)CC(C)(C)C)N(CCCCCCO)C(=O)[C@H]13. The van der Waals surface area contributed by atoms with E-state index in [1.165, 1.54) is 0 Å². The molecule has 34 heavy (non-hydrogen) atoms. The number of likely N-dealkylation sites (tertiary alicyclic amines) is 1. The fraction of sp³-hybridized carbons (Fsp3) is 0.880. The lowest BCUT2D eigenvalue weighted by molar-refractivity contribution is -0.140. The predicted molar refractivity (Wildman–Crippen MR) is 140 cm³/mol. The number of alkyl halides is 1. The second kappa shape index (κ2) is 10.3. The summed E-state index contributed by atoms with van der Waals surface area (Å²) in [5, 5.41) is 15.1. The van der Waals surface area contributed by atoms with E-state index in [-0.39, 0.29) is 39.8 Å². The van der Waals surface area contributed by atoms with E-state index in [1.54, 1.807) is 23.7 Å². The van der Waals surface area contributed by atoms with Crippen molar-refractivity contribution < 1.29 is 19.5 Å². The van der Waals surface area contributed by atoms with Gasteiger partial charge in [0.2, 0.25) is 17.7 Å². The molecule has 3 heterocycles. The van der Waals surface area contributed by atoms with Gasteiger partial charge in [-0.05, 0) is 44.9 Å². The van der Waals surface area contributed by atoms with Crippen LogP contribution in [0.25, 0.3) is 0 Å². The van der Waals surface area contributed by atoms with Crippen LogP contribution >= 0.6 is 27.7 Å². The van der Waals surface area contributed by atoms with Gasteiger partial charge in [0.15, 0.2) is 0 Å². The Kier molecular flexibility index (Phi) is 8.41. The van der Waals surface area contributed by atoms with Gasteiger partial charge in [-0.1, -0.05) is 49.5 Å². The first-order chi connectivity index (χ1) is 15.8. The van der Waals surface area contributed by atoms with E-state index in [4.69, 9.17) is 5.11 Å². The third-order valence-corrected chi connectivity index (χ3v) is 10.5. The number of hydrogen-bond donors (Lipinski definition) is 3. The summed E-state index contributed by atoms with van der Waals surface area (Å²) < 4.78 is -0.597. The first kappa shape index (κ1) is 27.8. The molecule has 3 unspecified atom stereocenters. The monoisotopic (exact) mass is 559 g/mol. The van der Waals surface area contributed by atoms with Crippen molar-refractivity contribution in [3.63, 3.8) is 0 Å². The first-order valence-electron chi connectivity index (χ1n) is 12.5. The Balaban J connectivity index is 1.91. The Bertz CT molecular complexity index is 802. The van der Waals surface area contributed by atoms with Crippen LogP contribution in [0.1, 0.15) is 73.1 Å². The minimum absolute atomic E-state index is 0.0153. The van der Waals surface area contributed by atoms with Crippen LogP contribution in [-0.2, 0) is 14.4 Å². The Morgan fingerprint density at radius 1 is 1.15 bits per heavy atom. The summed E-state index contributed by atoms with van der Waals surface area (Å²) in [7, 11) is 1.62. The Morgan fingerprint density at radius 2 is 1.79 bits per heavy atom. The molecule has 0 aromatic heterocycles. The molecule has 0 radical (unpaired) electrons. The molecule has 0 aliphatic carbocycles. The molecule has 7 nitrogen and oxygen atoms in total. The van der Waals surface area contributed by atoms with Crippen molar-refractivity contribution in [3.8, 4) is 0 Å². The third kappa shape index (κ3) is 5.31. The van der Waals surface area contributed by atoms with Crippen molar-refractivity contribution in [1.82, 2.24) is 15.5 Å². The summed E-state index contributed by atoms with van der Waals surface area (Å²) in [5.41, 5.74) is -0.378. The fourth-order valence-corrected chi connectivity index (χ4v) is 10.3. The highest BCUT2D eigenvalue weighted by Gasteiger charge is 2.75. The molecule has 6 atom stereocenters. The zero-order valence-electron chi connectivity index (χ0n) is 21.4. The molecule has 3 aliphatic rings. The molecule has 3 rings (SSSR count). The number of carbonyl (C=O) groups is 3. The van der Waals surface area contributed by atoms with Crippen LogP contribution in [0.2, 0.25) is 0 Å². The van der Waals surface area contributed by atoms with Crippen molar-refractivity contribution in [2.45, 2.75) is 99.5 Å². The number of amides is 3. The molecule has 194 valence electrons. The molecule has 0 saturated carbocycles. The van der Waals surface area contributed by atoms with Crippen molar-refractivity contribution in [1.29, 1.82) is 0 Å². The lowest BCUT2D eigenvalue weighted by Crippen LogP contribution is -2.58. The number of nitrogens with zero attached hydrogens (tertiary/aromatic N) is 1. The summed E-state index contributed by atoms with van der Waals surface area (Å²) >= 11 is 5.45. The summed E-state index contributed by atoms with van der Waals surface area (Å²) in [4.78, 5) is 42.5. The maximum Gasteiger partial charge on any atom is 0.244 e. The smallest absolute Gasteiger partial charge is 0.244 e. The molecule has 3 amide bonds. The minimum atomic E-state index is -0.597. The highest BCUT2D eigenvalue weighted by molar-refractivity contribution is 9.09. The quantitative estimate of drug-likeness (QED) is 0.282. The second-order valence-electron chi connectivity index (χ2n) is 12.1. The Labute approximate surface area is 217 Å². The van der Waals surface area contributed by atoms with Crippen molar-refractivity contribution in [2.75, 3.05) is 20.2 Å². The summed E-state index contributed by atoms with van der Waals surface area (Å²) in [5.74, 6) is -1.18. The van der Waals surface area contributed by atoms with E-state index in [0.717, 1.165) is 32.1 Å². The number of aliphatic hydroxyl groups is 1. The summed E-state index contributed by atoms with van der Waals surface area (Å²) in [6, 6.07) is -0.591. The number of rotatable bonds is 10. The van der Waals surface area contributed by atoms with Crippen molar-refractivity contribution >= 4 is 45.4 Å². The zero-order valence-corrected chi connectivity index (χ0v) is 23.9. The largest absolute Gasteiger partial charge is 0.396 e. The Hall–Kier alpha value is -0.800. The zero-order chi connectivity index (χ0) is 25.5. The molecule has 3 N–H and O–H groups in total. The van der Waals surface area contributed by atoms with Gasteiger partial charge in [0.05, 0.1) is 16.6 Å². The van der Waals surface area contributed by atoms with Crippen LogP contribution in [0.15, 0.2) is 0 Å². The van der Waals surface area contributed by atoms with Gasteiger partial charge < -0.3 is 20.6 Å². The predicted octanol–water partition coefficient (Wildman–Crippen LogP) is 3.08. The maximum atomic E-state index is 13.9. The van der Waals surface area contributed by atoms with Gasteiger partial charge in [-0.3, -0.25) is 14.4 Å². The molecule has 9 heteroatoms. The highest BCUT2D eigenvalue weighted by Crippen LogP contribution is 2.67.